The number of hydrogen-bond acceptors (Lipinski definition) is 3. The first kappa shape index (κ1) is 36.8. The van der Waals surface area contributed by atoms with Crippen molar-refractivity contribution in [3.8, 4) is 17.2 Å². The largest absolute Gasteiger partial charge is 0.488 e. The van der Waals surface area contributed by atoms with Gasteiger partial charge in [0.05, 0.1) is 12.2 Å². The quantitative estimate of drug-likeness (QED) is 0.258. The van der Waals surface area contributed by atoms with Crippen molar-refractivity contribution in [2.24, 2.45) is 0 Å². The van der Waals surface area contributed by atoms with E-state index in [0.29, 0.717) is 17.9 Å². The topological polar surface area (TPSA) is 27.7 Å². The highest BCUT2D eigenvalue weighted by molar-refractivity contribution is 5.46. The minimum atomic E-state index is -4.51. The van der Waals surface area contributed by atoms with Crippen molar-refractivity contribution in [2.45, 2.75) is 91.8 Å². The van der Waals surface area contributed by atoms with Crippen molar-refractivity contribution in [3.63, 3.8) is 0 Å². The number of rotatable bonds is 7. The summed E-state index contributed by atoms with van der Waals surface area (Å²) in [5.74, 6) is 0.957. The average molecular weight is 587 g/mol. The summed E-state index contributed by atoms with van der Waals surface area (Å²) < 4.78 is 57.5. The monoisotopic (exact) mass is 586 g/mol. The van der Waals surface area contributed by atoms with Crippen LogP contribution in [-0.2, 0) is 21.7 Å². The molecule has 232 valence electrons. The summed E-state index contributed by atoms with van der Waals surface area (Å²) in [6.07, 6.45) is -2.80. The Kier molecular flexibility index (Phi) is 13.4. The lowest BCUT2D eigenvalue weighted by molar-refractivity contribution is -0.138. The highest BCUT2D eigenvalue weighted by Crippen LogP contribution is 2.41. The number of alkyl halides is 3. The van der Waals surface area contributed by atoms with E-state index in [9.17, 15) is 13.2 Å². The van der Waals surface area contributed by atoms with Gasteiger partial charge in [0.25, 0.3) is 0 Å². The molecule has 0 heterocycles. The summed E-state index contributed by atoms with van der Waals surface area (Å²) >= 11 is 0. The summed E-state index contributed by atoms with van der Waals surface area (Å²) in [5, 5.41) is 0. The molecule has 3 rings (SSSR count). The van der Waals surface area contributed by atoms with E-state index in [1.165, 1.54) is 12.1 Å². The summed E-state index contributed by atoms with van der Waals surface area (Å²) in [4.78, 5) is 0. The molecule has 6 heteroatoms. The van der Waals surface area contributed by atoms with Crippen molar-refractivity contribution < 1.29 is 27.4 Å². The molecule has 42 heavy (non-hydrogen) atoms. The van der Waals surface area contributed by atoms with Gasteiger partial charge in [-0.3, -0.25) is 0 Å². The number of ether oxygens (including phenoxy) is 3. The Labute approximate surface area is 251 Å². The minimum absolute atomic E-state index is 0.202. The first-order valence-electron chi connectivity index (χ1n) is 14.3. The van der Waals surface area contributed by atoms with Gasteiger partial charge >= 0.3 is 6.18 Å². The fourth-order valence-electron chi connectivity index (χ4n) is 3.95. The Morgan fingerprint density at radius 2 is 1.14 bits per heavy atom. The van der Waals surface area contributed by atoms with Crippen LogP contribution in [0.3, 0.4) is 0 Å². The maximum Gasteiger partial charge on any atom is 0.419 e. The van der Waals surface area contributed by atoms with Crippen LogP contribution in [-0.4, -0.2) is 19.3 Å². The zero-order valence-electron chi connectivity index (χ0n) is 27.2. The Bertz CT molecular complexity index is 1230. The Morgan fingerprint density at radius 3 is 1.50 bits per heavy atom. The number of halogens is 3. The second-order valence-corrected chi connectivity index (χ2v) is 12.2. The molecule has 0 aromatic heterocycles. The van der Waals surface area contributed by atoms with Crippen LogP contribution in [0.5, 0.6) is 17.2 Å². The molecule has 3 nitrogen and oxygen atoms in total. The molecule has 0 aliphatic rings. The number of methoxy groups -OCH3 is 1. The first-order chi connectivity index (χ1) is 19.4. The smallest absolute Gasteiger partial charge is 0.419 e. The van der Waals surface area contributed by atoms with Gasteiger partial charge in [-0.2, -0.15) is 13.2 Å². The molecule has 0 bridgehead atoms. The molecule has 0 spiro atoms. The third-order valence-electron chi connectivity index (χ3n) is 6.24. The van der Waals surface area contributed by atoms with E-state index < -0.39 is 17.2 Å². The second-order valence-electron chi connectivity index (χ2n) is 12.2. The van der Waals surface area contributed by atoms with E-state index in [0.717, 1.165) is 16.9 Å². The van der Waals surface area contributed by atoms with Gasteiger partial charge in [-0.1, -0.05) is 84.9 Å². The number of hydrogen-bond donors (Lipinski definition) is 0. The van der Waals surface area contributed by atoms with E-state index in [1.807, 2.05) is 91.8 Å². The van der Waals surface area contributed by atoms with Crippen molar-refractivity contribution in [1.29, 1.82) is 0 Å². The lowest BCUT2D eigenvalue weighted by atomic mass is 9.78. The van der Waals surface area contributed by atoms with Gasteiger partial charge < -0.3 is 14.2 Å². The molecule has 0 atom stereocenters. The van der Waals surface area contributed by atoms with Crippen molar-refractivity contribution in [1.82, 2.24) is 0 Å². The second kappa shape index (κ2) is 15.3. The van der Waals surface area contributed by atoms with Crippen molar-refractivity contribution in [3.05, 3.63) is 102 Å². The Hall–Kier alpha value is -3.25. The average Bonchev–Trinajstić information content (AvgIpc) is 2.89. The lowest BCUT2D eigenvalue weighted by Crippen LogP contribution is -2.23. The van der Waals surface area contributed by atoms with Gasteiger partial charge in [-0.25, -0.2) is 0 Å². The molecule has 0 aliphatic heterocycles. The predicted molar refractivity (Wildman–Crippen MR) is 169 cm³/mol. The third kappa shape index (κ3) is 11.2. The van der Waals surface area contributed by atoms with Gasteiger partial charge in [-0.15, -0.1) is 6.58 Å². The van der Waals surface area contributed by atoms with Crippen LogP contribution in [0.1, 0.15) is 91.5 Å². The maximum atomic E-state index is 13.8. The van der Waals surface area contributed by atoms with Gasteiger partial charge in [0.1, 0.15) is 22.8 Å². The molecule has 3 aromatic rings. The standard InChI is InChI=1S/C30H35F3O2.C4H8O.C2H6/c1-27(2,3)22-13-18-26(25(19-22)30(31,32)33)34-23-14-9-20(10-15-23)29(7,8)21-11-16-24(17-12-21)35-28(4,5)6;1-3-4-5-2;1-2/h9-19H,1-8H3;3H,1,4H2,2H3;1-2H3. The molecule has 0 N–H and O–H groups in total. The predicted octanol–water partition coefficient (Wildman–Crippen LogP) is 11.1. The van der Waals surface area contributed by atoms with Crippen LogP contribution in [0.25, 0.3) is 0 Å². The van der Waals surface area contributed by atoms with Crippen molar-refractivity contribution >= 4 is 0 Å². The van der Waals surface area contributed by atoms with Gasteiger partial charge in [0.2, 0.25) is 0 Å². The van der Waals surface area contributed by atoms with E-state index in [4.69, 9.17) is 9.47 Å². The molecule has 0 aliphatic carbocycles. The van der Waals surface area contributed by atoms with Gasteiger partial charge in [0.15, 0.2) is 0 Å². The van der Waals surface area contributed by atoms with Crippen LogP contribution in [0.15, 0.2) is 79.4 Å². The van der Waals surface area contributed by atoms with E-state index in [-0.39, 0.29) is 16.8 Å². The normalized spacial score (nSPS) is 11.9. The Balaban J connectivity index is 0.00000114. The fraction of sp³-hybridized carbons (Fsp3) is 0.444. The van der Waals surface area contributed by atoms with Gasteiger partial charge in [0, 0.05) is 12.5 Å². The molecule has 0 amide bonds. The first-order valence-corrected chi connectivity index (χ1v) is 14.3. The van der Waals surface area contributed by atoms with E-state index in [1.54, 1.807) is 31.4 Å². The van der Waals surface area contributed by atoms with Crippen LogP contribution >= 0.6 is 0 Å². The molecular weight excluding hydrogens is 537 g/mol. The molecule has 0 unspecified atom stereocenters. The Morgan fingerprint density at radius 1 is 0.690 bits per heavy atom. The summed E-state index contributed by atoms with van der Waals surface area (Å²) in [5.41, 5.74) is 0.970. The minimum Gasteiger partial charge on any atom is -0.488 e. The molecule has 0 radical (unpaired) electrons. The third-order valence-corrected chi connectivity index (χ3v) is 6.24. The van der Waals surface area contributed by atoms with E-state index >= 15 is 0 Å². The van der Waals surface area contributed by atoms with Crippen LogP contribution in [0.2, 0.25) is 0 Å². The van der Waals surface area contributed by atoms with Crippen LogP contribution in [0, 0.1) is 0 Å². The lowest BCUT2D eigenvalue weighted by Gasteiger charge is -2.27. The number of benzene rings is 3. The molecule has 3 aromatic carbocycles. The molecule has 0 fully saturated rings. The highest BCUT2D eigenvalue weighted by atomic mass is 19.4. The molecular formula is C36H49F3O3. The van der Waals surface area contributed by atoms with Crippen molar-refractivity contribution in [2.75, 3.05) is 13.7 Å². The zero-order chi connectivity index (χ0) is 32.4. The van der Waals surface area contributed by atoms with Gasteiger partial charge in [-0.05, 0) is 79.3 Å². The molecule has 0 saturated carbocycles. The van der Waals surface area contributed by atoms with Crippen LogP contribution in [0.4, 0.5) is 13.2 Å². The zero-order valence-corrected chi connectivity index (χ0v) is 27.2. The fourth-order valence-corrected chi connectivity index (χ4v) is 3.95. The molecule has 0 saturated heterocycles. The van der Waals surface area contributed by atoms with Crippen LogP contribution < -0.4 is 9.47 Å². The summed E-state index contributed by atoms with van der Waals surface area (Å²) in [6, 6.07) is 19.5. The summed E-state index contributed by atoms with van der Waals surface area (Å²) in [7, 11) is 1.64. The highest BCUT2D eigenvalue weighted by Gasteiger charge is 2.36. The SMILES string of the molecule is C=CCOC.CC.CC(C)(C)Oc1ccc(C(C)(C)c2ccc(Oc3ccc(C(C)(C)C)cc3C(F)(F)F)cc2)cc1. The van der Waals surface area contributed by atoms with E-state index in [2.05, 4.69) is 25.2 Å². The maximum absolute atomic E-state index is 13.8. The summed E-state index contributed by atoms with van der Waals surface area (Å²) in [6.45, 7) is 24.0.